The number of sulfonamides is 1. The Balaban J connectivity index is 3.21. The monoisotopic (exact) mass is 301 g/mol. The Bertz CT molecular complexity index is 584. The third kappa shape index (κ3) is 4.17. The maximum atomic E-state index is 12.0. The van der Waals surface area contributed by atoms with E-state index in [0.29, 0.717) is 6.54 Å². The van der Waals surface area contributed by atoms with Crippen molar-refractivity contribution >= 4 is 21.4 Å². The first-order valence-electron chi connectivity index (χ1n) is 6.32. The first kappa shape index (κ1) is 16.4. The van der Waals surface area contributed by atoms with Gasteiger partial charge >= 0.3 is 0 Å². The summed E-state index contributed by atoms with van der Waals surface area (Å²) in [6.07, 6.45) is 0.776. The number of nitro benzene ring substituents is 1. The van der Waals surface area contributed by atoms with Crippen LogP contribution >= 0.6 is 0 Å². The van der Waals surface area contributed by atoms with Crippen LogP contribution in [0.25, 0.3) is 0 Å². The van der Waals surface area contributed by atoms with Crippen LogP contribution in [0, 0.1) is 10.1 Å². The second-order valence-electron chi connectivity index (χ2n) is 4.64. The molecule has 0 spiro atoms. The average molecular weight is 301 g/mol. The number of nitrogens with one attached hydrogen (secondary N) is 2. The molecule has 0 radical (unpaired) electrons. The molecule has 0 heterocycles. The SMILES string of the molecule is CCCNc1cc(S(=O)(=O)NC(C)C)ccc1[N+](=O)[O-]. The maximum Gasteiger partial charge on any atom is 0.292 e. The molecular weight excluding hydrogens is 282 g/mol. The van der Waals surface area contributed by atoms with Crippen molar-refractivity contribution in [3.8, 4) is 0 Å². The number of nitrogens with zero attached hydrogens (tertiary/aromatic N) is 1. The lowest BCUT2D eigenvalue weighted by Gasteiger charge is -2.11. The summed E-state index contributed by atoms with van der Waals surface area (Å²) >= 11 is 0. The Labute approximate surface area is 118 Å². The summed E-state index contributed by atoms with van der Waals surface area (Å²) in [5.41, 5.74) is 0.0745. The summed E-state index contributed by atoms with van der Waals surface area (Å²) in [7, 11) is -3.66. The molecule has 1 aromatic carbocycles. The van der Waals surface area contributed by atoms with Crippen LogP contribution < -0.4 is 10.0 Å². The molecule has 0 aliphatic carbocycles. The van der Waals surface area contributed by atoms with E-state index in [1.807, 2.05) is 6.92 Å². The van der Waals surface area contributed by atoms with Crippen LogP contribution in [0.1, 0.15) is 27.2 Å². The zero-order valence-corrected chi connectivity index (χ0v) is 12.5. The number of anilines is 1. The lowest BCUT2D eigenvalue weighted by molar-refractivity contribution is -0.384. The molecule has 112 valence electrons. The summed E-state index contributed by atoms with van der Waals surface area (Å²) in [5.74, 6) is 0. The Hall–Kier alpha value is -1.67. The highest BCUT2D eigenvalue weighted by Crippen LogP contribution is 2.27. The predicted octanol–water partition coefficient (Wildman–Crippen LogP) is 2.10. The fourth-order valence-corrected chi connectivity index (χ4v) is 2.90. The predicted molar refractivity (Wildman–Crippen MR) is 77.3 cm³/mol. The van der Waals surface area contributed by atoms with E-state index in [0.717, 1.165) is 6.42 Å². The molecule has 0 fully saturated rings. The average Bonchev–Trinajstić information content (AvgIpc) is 2.34. The highest BCUT2D eigenvalue weighted by molar-refractivity contribution is 7.89. The molecule has 8 heteroatoms. The van der Waals surface area contributed by atoms with E-state index in [-0.39, 0.29) is 22.3 Å². The zero-order valence-electron chi connectivity index (χ0n) is 11.7. The largest absolute Gasteiger partial charge is 0.379 e. The van der Waals surface area contributed by atoms with Crippen molar-refractivity contribution in [2.24, 2.45) is 0 Å². The van der Waals surface area contributed by atoms with E-state index in [1.165, 1.54) is 18.2 Å². The lowest BCUT2D eigenvalue weighted by Crippen LogP contribution is -2.30. The van der Waals surface area contributed by atoms with E-state index >= 15 is 0 Å². The van der Waals surface area contributed by atoms with Crippen LogP contribution in [0.4, 0.5) is 11.4 Å². The van der Waals surface area contributed by atoms with E-state index in [9.17, 15) is 18.5 Å². The van der Waals surface area contributed by atoms with Gasteiger partial charge in [-0.1, -0.05) is 6.92 Å². The van der Waals surface area contributed by atoms with Crippen LogP contribution in [0.2, 0.25) is 0 Å². The van der Waals surface area contributed by atoms with Gasteiger partial charge in [0.25, 0.3) is 5.69 Å². The second-order valence-corrected chi connectivity index (χ2v) is 6.35. The Kier molecular flexibility index (Phi) is 5.46. The lowest BCUT2D eigenvalue weighted by atomic mass is 10.2. The molecule has 0 aromatic heterocycles. The Morgan fingerprint density at radius 1 is 1.35 bits per heavy atom. The van der Waals surface area contributed by atoms with Crippen LogP contribution in [0.15, 0.2) is 23.1 Å². The van der Waals surface area contributed by atoms with Crippen molar-refractivity contribution in [3.05, 3.63) is 28.3 Å². The number of nitro groups is 1. The van der Waals surface area contributed by atoms with Crippen molar-refractivity contribution in [1.29, 1.82) is 0 Å². The minimum Gasteiger partial charge on any atom is -0.379 e. The van der Waals surface area contributed by atoms with Crippen LogP contribution in [-0.2, 0) is 10.0 Å². The van der Waals surface area contributed by atoms with Crippen LogP contribution in [0.5, 0.6) is 0 Å². The van der Waals surface area contributed by atoms with Crippen LogP contribution in [-0.4, -0.2) is 25.9 Å². The quantitative estimate of drug-likeness (QED) is 0.593. The molecule has 0 saturated heterocycles. The minimum atomic E-state index is -3.66. The minimum absolute atomic E-state index is 0.00963. The van der Waals surface area contributed by atoms with Gasteiger partial charge in [-0.2, -0.15) is 0 Å². The highest BCUT2D eigenvalue weighted by atomic mass is 32.2. The van der Waals surface area contributed by atoms with E-state index in [1.54, 1.807) is 13.8 Å². The van der Waals surface area contributed by atoms with Crippen molar-refractivity contribution in [2.75, 3.05) is 11.9 Å². The Morgan fingerprint density at radius 2 is 2.00 bits per heavy atom. The van der Waals surface area contributed by atoms with Crippen molar-refractivity contribution < 1.29 is 13.3 Å². The molecular formula is C12H19N3O4S. The second kappa shape index (κ2) is 6.67. The van der Waals surface area contributed by atoms with Crippen molar-refractivity contribution in [1.82, 2.24) is 4.72 Å². The molecule has 20 heavy (non-hydrogen) atoms. The van der Waals surface area contributed by atoms with Gasteiger partial charge in [0.05, 0.1) is 9.82 Å². The number of hydrogen-bond acceptors (Lipinski definition) is 5. The molecule has 0 aliphatic heterocycles. The third-order valence-corrected chi connectivity index (χ3v) is 4.09. The van der Waals surface area contributed by atoms with E-state index < -0.39 is 14.9 Å². The molecule has 0 unspecified atom stereocenters. The molecule has 1 rings (SSSR count). The van der Waals surface area contributed by atoms with E-state index in [2.05, 4.69) is 10.0 Å². The smallest absolute Gasteiger partial charge is 0.292 e. The number of hydrogen-bond donors (Lipinski definition) is 2. The molecule has 0 atom stereocenters. The molecule has 1 aromatic rings. The standard InChI is InChI=1S/C12H19N3O4S/c1-4-7-13-11-8-10(5-6-12(11)15(16)17)20(18,19)14-9(2)3/h5-6,8-9,13-14H,4,7H2,1-3H3. The number of rotatable bonds is 7. The van der Waals surface area contributed by atoms with Gasteiger partial charge in [-0.3, -0.25) is 10.1 Å². The first-order valence-corrected chi connectivity index (χ1v) is 7.81. The molecule has 0 amide bonds. The fourth-order valence-electron chi connectivity index (χ4n) is 1.62. The summed E-state index contributed by atoms with van der Waals surface area (Å²) < 4.78 is 26.5. The van der Waals surface area contributed by atoms with Gasteiger partial charge in [-0.25, -0.2) is 13.1 Å². The van der Waals surface area contributed by atoms with Crippen molar-refractivity contribution in [2.45, 2.75) is 38.1 Å². The van der Waals surface area contributed by atoms with Gasteiger partial charge < -0.3 is 5.32 Å². The van der Waals surface area contributed by atoms with Gasteiger partial charge in [0.15, 0.2) is 0 Å². The van der Waals surface area contributed by atoms with Crippen LogP contribution in [0.3, 0.4) is 0 Å². The highest BCUT2D eigenvalue weighted by Gasteiger charge is 2.20. The third-order valence-electron chi connectivity index (χ3n) is 2.43. The maximum absolute atomic E-state index is 12.0. The summed E-state index contributed by atoms with van der Waals surface area (Å²) in [6, 6.07) is 3.48. The van der Waals surface area contributed by atoms with Gasteiger partial charge in [0.2, 0.25) is 10.0 Å². The summed E-state index contributed by atoms with van der Waals surface area (Å²) in [6.45, 7) is 5.86. The van der Waals surface area contributed by atoms with E-state index in [4.69, 9.17) is 0 Å². The molecule has 7 nitrogen and oxygen atoms in total. The summed E-state index contributed by atoms with van der Waals surface area (Å²) in [4.78, 5) is 10.4. The van der Waals surface area contributed by atoms with Crippen molar-refractivity contribution in [3.63, 3.8) is 0 Å². The normalized spacial score (nSPS) is 11.6. The van der Waals surface area contributed by atoms with Gasteiger partial charge in [0.1, 0.15) is 5.69 Å². The van der Waals surface area contributed by atoms with Gasteiger partial charge in [0, 0.05) is 18.7 Å². The summed E-state index contributed by atoms with van der Waals surface area (Å²) in [5, 5.41) is 13.8. The number of benzene rings is 1. The molecule has 0 bridgehead atoms. The van der Waals surface area contributed by atoms with Gasteiger partial charge in [-0.15, -0.1) is 0 Å². The first-order chi connectivity index (χ1) is 9.27. The zero-order chi connectivity index (χ0) is 15.3. The van der Waals surface area contributed by atoms with Gasteiger partial charge in [-0.05, 0) is 32.4 Å². The Morgan fingerprint density at radius 3 is 2.50 bits per heavy atom. The topological polar surface area (TPSA) is 101 Å². The molecule has 0 saturated carbocycles. The molecule has 0 aliphatic rings. The fraction of sp³-hybridized carbons (Fsp3) is 0.500. The molecule has 2 N–H and O–H groups in total.